The maximum Gasteiger partial charge on any atom is 0.0469 e. The fourth-order valence-corrected chi connectivity index (χ4v) is 11.8. The van der Waals surface area contributed by atoms with Gasteiger partial charge in [-0.05, 0) is 99.1 Å². The van der Waals surface area contributed by atoms with Crippen molar-refractivity contribution in [3.8, 4) is 0 Å². The molecule has 0 spiro atoms. The van der Waals surface area contributed by atoms with Crippen LogP contribution in [0.15, 0.2) is 206 Å². The number of benzene rings is 8. The molecule has 8 rings (SSSR count). The number of hydrogen-bond donors (Lipinski definition) is 2. The Kier molecular flexibility index (Phi) is 12.9. The summed E-state index contributed by atoms with van der Waals surface area (Å²) < 4.78 is 0. The van der Waals surface area contributed by atoms with Gasteiger partial charge < -0.3 is 10.6 Å². The van der Waals surface area contributed by atoms with Gasteiger partial charge in [-0.15, -0.1) is 0 Å². The van der Waals surface area contributed by atoms with Crippen LogP contribution in [-0.4, -0.2) is 0 Å². The van der Waals surface area contributed by atoms with E-state index in [0.29, 0.717) is 0 Å². The first-order chi connectivity index (χ1) is 27.5. The number of nitrogens with one attached hydrogen (secondary N) is 2. The number of rotatable bonds is 10. The van der Waals surface area contributed by atoms with E-state index in [2.05, 4.69) is 245 Å². The highest BCUT2D eigenvalue weighted by molar-refractivity contribution is 7.80. The molecule has 2 nitrogen and oxygen atoms in total. The third-order valence-electron chi connectivity index (χ3n) is 9.83. The van der Waals surface area contributed by atoms with E-state index in [0.717, 1.165) is 0 Å². The predicted octanol–water partition coefficient (Wildman–Crippen LogP) is 11.6. The lowest BCUT2D eigenvalue weighted by Crippen LogP contribution is -2.22. The summed E-state index contributed by atoms with van der Waals surface area (Å²) in [5, 5.41) is 15.6. The van der Waals surface area contributed by atoms with E-state index < -0.39 is 15.8 Å². The van der Waals surface area contributed by atoms with Crippen LogP contribution in [0.2, 0.25) is 0 Å². The Morgan fingerprint density at radius 2 is 0.518 bits per heavy atom. The molecular formula is C52H48N2P2. The van der Waals surface area contributed by atoms with Crippen molar-refractivity contribution in [2.45, 2.75) is 27.7 Å². The molecule has 0 aromatic heterocycles. The molecule has 0 aliphatic rings. The van der Waals surface area contributed by atoms with Crippen LogP contribution in [-0.2, 0) is 0 Å². The summed E-state index contributed by atoms with van der Waals surface area (Å²) in [5.74, 6) is 0. The third kappa shape index (κ3) is 9.18. The van der Waals surface area contributed by atoms with Crippen LogP contribution in [0.3, 0.4) is 0 Å². The van der Waals surface area contributed by atoms with Crippen LogP contribution in [0.5, 0.6) is 0 Å². The van der Waals surface area contributed by atoms with E-state index >= 15 is 0 Å². The Morgan fingerprint density at radius 3 is 0.804 bits per heavy atom. The first-order valence-electron chi connectivity index (χ1n) is 19.1. The molecule has 8 aromatic rings. The molecule has 0 radical (unpaired) electrons. The van der Waals surface area contributed by atoms with Gasteiger partial charge in [0, 0.05) is 33.4 Å². The van der Waals surface area contributed by atoms with E-state index in [1.54, 1.807) is 0 Å². The Labute approximate surface area is 335 Å². The monoisotopic (exact) mass is 762 g/mol. The smallest absolute Gasteiger partial charge is 0.0469 e. The van der Waals surface area contributed by atoms with Crippen molar-refractivity contribution in [1.82, 2.24) is 0 Å². The molecule has 0 aliphatic carbocycles. The van der Waals surface area contributed by atoms with Crippen molar-refractivity contribution in [2.75, 3.05) is 10.6 Å². The zero-order chi connectivity index (χ0) is 38.7. The highest BCUT2D eigenvalue weighted by atomic mass is 31.1. The molecule has 0 aliphatic heterocycles. The van der Waals surface area contributed by atoms with Crippen LogP contribution in [0.1, 0.15) is 22.3 Å². The molecule has 8 aromatic carbocycles. The molecule has 56 heavy (non-hydrogen) atoms. The van der Waals surface area contributed by atoms with Gasteiger partial charge in [0.2, 0.25) is 0 Å². The minimum absolute atomic E-state index is 0.645. The van der Waals surface area contributed by atoms with Crippen molar-refractivity contribution in [3.63, 3.8) is 0 Å². The molecule has 2 N–H and O–H groups in total. The average Bonchev–Trinajstić information content (AvgIpc) is 3.24. The van der Waals surface area contributed by atoms with Crippen LogP contribution >= 0.6 is 15.8 Å². The summed E-state index contributed by atoms with van der Waals surface area (Å²) in [4.78, 5) is 0. The van der Waals surface area contributed by atoms with Gasteiger partial charge in [-0.25, -0.2) is 0 Å². The zero-order valence-corrected chi connectivity index (χ0v) is 34.3. The highest BCUT2D eigenvalue weighted by Gasteiger charge is 2.21. The molecular weight excluding hydrogens is 715 g/mol. The zero-order valence-electron chi connectivity index (χ0n) is 32.5. The van der Waals surface area contributed by atoms with Crippen LogP contribution in [0.25, 0.3) is 0 Å². The van der Waals surface area contributed by atoms with Gasteiger partial charge >= 0.3 is 0 Å². The van der Waals surface area contributed by atoms with Crippen molar-refractivity contribution in [3.05, 3.63) is 229 Å². The van der Waals surface area contributed by atoms with E-state index in [9.17, 15) is 0 Å². The van der Waals surface area contributed by atoms with Gasteiger partial charge in [0.15, 0.2) is 0 Å². The van der Waals surface area contributed by atoms with E-state index in [1.807, 2.05) is 0 Å². The maximum atomic E-state index is 3.75. The first-order valence-corrected chi connectivity index (χ1v) is 21.8. The molecule has 276 valence electrons. The van der Waals surface area contributed by atoms with E-state index in [1.165, 1.54) is 76.8 Å². The second-order valence-electron chi connectivity index (χ2n) is 13.8. The molecule has 0 fully saturated rings. The Balaban J connectivity index is 0.000000172. The first kappa shape index (κ1) is 38.5. The van der Waals surface area contributed by atoms with Gasteiger partial charge in [-0.1, -0.05) is 194 Å². The quantitative estimate of drug-likeness (QED) is 0.136. The van der Waals surface area contributed by atoms with Crippen LogP contribution in [0, 0.1) is 27.7 Å². The van der Waals surface area contributed by atoms with Gasteiger partial charge in [0.1, 0.15) is 0 Å². The molecule has 4 heteroatoms. The Bertz CT molecular complexity index is 2170. The number of anilines is 4. The fourth-order valence-electron chi connectivity index (χ4n) is 7.00. The summed E-state index contributed by atoms with van der Waals surface area (Å²) in [5.41, 5.74) is 9.81. The van der Waals surface area contributed by atoms with E-state index in [4.69, 9.17) is 0 Å². The minimum Gasteiger partial charge on any atom is -0.355 e. The second kappa shape index (κ2) is 18.7. The highest BCUT2D eigenvalue weighted by Crippen LogP contribution is 2.38. The Morgan fingerprint density at radius 1 is 0.268 bits per heavy atom. The lowest BCUT2D eigenvalue weighted by molar-refractivity contribution is 1.36. The molecule has 0 amide bonds. The number of para-hydroxylation sites is 4. The Hall–Kier alpha value is -5.78. The van der Waals surface area contributed by atoms with Crippen molar-refractivity contribution >= 4 is 70.4 Å². The maximum absolute atomic E-state index is 3.75. The van der Waals surface area contributed by atoms with Crippen LogP contribution < -0.4 is 42.5 Å². The third-order valence-corrected chi connectivity index (χ3v) is 14.8. The van der Waals surface area contributed by atoms with Gasteiger partial charge in [0.05, 0.1) is 0 Å². The molecule has 0 unspecified atom stereocenters. The van der Waals surface area contributed by atoms with Gasteiger partial charge in [-0.2, -0.15) is 0 Å². The molecule has 0 atom stereocenters. The van der Waals surface area contributed by atoms with Crippen molar-refractivity contribution < 1.29 is 0 Å². The summed E-state index contributed by atoms with van der Waals surface area (Å²) in [7, 11) is -1.29. The molecule has 0 heterocycles. The normalized spacial score (nSPS) is 10.8. The van der Waals surface area contributed by atoms with E-state index in [-0.39, 0.29) is 0 Å². The lowest BCUT2D eigenvalue weighted by atomic mass is 10.1. The summed E-state index contributed by atoms with van der Waals surface area (Å²) in [6.07, 6.45) is 0. The second-order valence-corrected chi connectivity index (χ2v) is 18.2. The molecule has 0 saturated carbocycles. The minimum atomic E-state index is -0.645. The summed E-state index contributed by atoms with van der Waals surface area (Å²) in [6.45, 7) is 8.65. The summed E-state index contributed by atoms with van der Waals surface area (Å²) in [6, 6.07) is 73.7. The number of hydrogen-bond acceptors (Lipinski definition) is 2. The summed E-state index contributed by atoms with van der Waals surface area (Å²) >= 11 is 0. The van der Waals surface area contributed by atoms with Crippen molar-refractivity contribution in [1.29, 1.82) is 0 Å². The topological polar surface area (TPSA) is 24.1 Å². The largest absolute Gasteiger partial charge is 0.355 e. The average molecular weight is 763 g/mol. The molecule has 0 bridgehead atoms. The van der Waals surface area contributed by atoms with Crippen LogP contribution in [0.4, 0.5) is 22.7 Å². The van der Waals surface area contributed by atoms with Gasteiger partial charge in [-0.3, -0.25) is 0 Å². The predicted molar refractivity (Wildman–Crippen MR) is 249 cm³/mol. The molecule has 0 saturated heterocycles. The fraction of sp³-hybridized carbons (Fsp3) is 0.0769. The standard InChI is InChI=1S/2C26H24NP/c2*1-20-12-11-13-21(2)26(20)27-24-18-9-10-19-25(24)28(22-14-5-3-6-15-22)23-16-7-4-8-17-23/h2*3-19,27H,1-2H3. The van der Waals surface area contributed by atoms with Gasteiger partial charge in [0.25, 0.3) is 0 Å². The lowest BCUT2D eigenvalue weighted by Gasteiger charge is -2.23. The number of aryl methyl sites for hydroxylation is 4. The van der Waals surface area contributed by atoms with Crippen molar-refractivity contribution in [2.24, 2.45) is 0 Å². The SMILES string of the molecule is Cc1cccc(C)c1Nc1ccccc1P(c1ccccc1)c1ccccc1.Cc1cccc(C)c1Nc1ccccc1P(c1ccccc1)c1ccccc1.